The summed E-state index contributed by atoms with van der Waals surface area (Å²) >= 11 is 1.65. The van der Waals surface area contributed by atoms with Gasteiger partial charge >= 0.3 is 12.0 Å². The van der Waals surface area contributed by atoms with Crippen LogP contribution < -0.4 is 5.32 Å². The largest absolute Gasteiger partial charge is 0.480 e. The van der Waals surface area contributed by atoms with Crippen LogP contribution in [0.3, 0.4) is 0 Å². The number of carboxylic acids is 1. The van der Waals surface area contributed by atoms with Gasteiger partial charge in [0.05, 0.1) is 0 Å². The molecule has 1 aromatic rings. The first-order chi connectivity index (χ1) is 9.04. The van der Waals surface area contributed by atoms with Crippen molar-refractivity contribution < 1.29 is 14.7 Å². The van der Waals surface area contributed by atoms with Gasteiger partial charge in [-0.15, -0.1) is 11.3 Å². The van der Waals surface area contributed by atoms with Crippen molar-refractivity contribution in [2.75, 3.05) is 13.6 Å². The Morgan fingerprint density at radius 2 is 2.26 bits per heavy atom. The summed E-state index contributed by atoms with van der Waals surface area (Å²) in [5, 5.41) is 13.5. The number of carboxylic acid groups (broad SMARTS) is 1. The fourth-order valence-electron chi connectivity index (χ4n) is 1.64. The number of hydrogen-bond acceptors (Lipinski definition) is 3. The number of rotatable bonds is 7. The second-order valence-corrected chi connectivity index (χ2v) is 5.41. The second-order valence-electron chi connectivity index (χ2n) is 4.38. The minimum Gasteiger partial charge on any atom is -0.480 e. The van der Waals surface area contributed by atoms with E-state index in [1.807, 2.05) is 24.4 Å². The molecule has 2 N–H and O–H groups in total. The molecule has 0 aliphatic rings. The molecule has 6 heteroatoms. The van der Waals surface area contributed by atoms with Gasteiger partial charge in [-0.3, -0.25) is 0 Å². The molecule has 19 heavy (non-hydrogen) atoms. The standard InChI is InChI=1S/C13H20N2O3S/c1-3-5-11(12(16)17)14-13(18)15(2)8-7-10-6-4-9-19-10/h4,6,9,11H,3,5,7-8H2,1-2H3,(H,14,18)(H,16,17)/t11-/m0/s1. The molecule has 0 radical (unpaired) electrons. The number of carbonyl (C=O) groups excluding carboxylic acids is 1. The van der Waals surface area contributed by atoms with E-state index in [4.69, 9.17) is 5.11 Å². The van der Waals surface area contributed by atoms with Crippen molar-refractivity contribution in [2.24, 2.45) is 0 Å². The van der Waals surface area contributed by atoms with E-state index in [2.05, 4.69) is 5.32 Å². The summed E-state index contributed by atoms with van der Waals surface area (Å²) in [5.74, 6) is -0.984. The SMILES string of the molecule is CCC[C@H](NC(=O)N(C)CCc1cccs1)C(=O)O. The van der Waals surface area contributed by atoms with E-state index < -0.39 is 12.0 Å². The lowest BCUT2D eigenvalue weighted by Crippen LogP contribution is -2.47. The normalized spacial score (nSPS) is 11.9. The summed E-state index contributed by atoms with van der Waals surface area (Å²) in [5.41, 5.74) is 0. The maximum absolute atomic E-state index is 11.8. The molecule has 1 rings (SSSR count). The van der Waals surface area contributed by atoms with Gasteiger partial charge in [-0.25, -0.2) is 9.59 Å². The highest BCUT2D eigenvalue weighted by Gasteiger charge is 2.20. The lowest BCUT2D eigenvalue weighted by molar-refractivity contribution is -0.139. The predicted octanol–water partition coefficient (Wildman–Crippen LogP) is 2.19. The van der Waals surface area contributed by atoms with E-state index >= 15 is 0 Å². The van der Waals surface area contributed by atoms with Crippen LogP contribution in [0.15, 0.2) is 17.5 Å². The molecule has 0 spiro atoms. The van der Waals surface area contributed by atoms with Gasteiger partial charge < -0.3 is 15.3 Å². The van der Waals surface area contributed by atoms with Crippen LogP contribution in [0, 0.1) is 0 Å². The van der Waals surface area contributed by atoms with Crippen LogP contribution in [0.5, 0.6) is 0 Å². The van der Waals surface area contributed by atoms with Gasteiger partial charge in [0.15, 0.2) is 0 Å². The number of hydrogen-bond donors (Lipinski definition) is 2. The van der Waals surface area contributed by atoms with Crippen molar-refractivity contribution in [3.05, 3.63) is 22.4 Å². The molecular formula is C13H20N2O3S. The predicted molar refractivity (Wildman–Crippen MR) is 75.5 cm³/mol. The van der Waals surface area contributed by atoms with E-state index in [0.29, 0.717) is 13.0 Å². The van der Waals surface area contributed by atoms with Gasteiger partial charge in [-0.1, -0.05) is 19.4 Å². The first-order valence-corrected chi connectivity index (χ1v) is 7.19. The average Bonchev–Trinajstić information content (AvgIpc) is 2.88. The molecule has 0 saturated heterocycles. The summed E-state index contributed by atoms with van der Waals surface area (Å²) < 4.78 is 0. The smallest absolute Gasteiger partial charge is 0.326 e. The number of nitrogens with one attached hydrogen (secondary N) is 1. The monoisotopic (exact) mass is 284 g/mol. The molecular weight excluding hydrogens is 264 g/mol. The Hall–Kier alpha value is -1.56. The summed E-state index contributed by atoms with van der Waals surface area (Å²) in [6.07, 6.45) is 1.95. The molecule has 1 aromatic heterocycles. The Labute approximate surface area is 117 Å². The Kier molecular flexibility index (Phi) is 6.35. The molecule has 0 saturated carbocycles. The maximum Gasteiger partial charge on any atom is 0.326 e. The highest BCUT2D eigenvalue weighted by atomic mass is 32.1. The quantitative estimate of drug-likeness (QED) is 0.806. The molecule has 5 nitrogen and oxygen atoms in total. The minimum atomic E-state index is -0.984. The highest BCUT2D eigenvalue weighted by Crippen LogP contribution is 2.09. The molecule has 1 atom stereocenters. The van der Waals surface area contributed by atoms with E-state index in [1.165, 1.54) is 9.78 Å². The lowest BCUT2D eigenvalue weighted by atomic mass is 10.2. The summed E-state index contributed by atoms with van der Waals surface area (Å²) in [7, 11) is 1.67. The van der Waals surface area contributed by atoms with Crippen LogP contribution in [-0.4, -0.2) is 41.6 Å². The molecule has 106 valence electrons. The maximum atomic E-state index is 11.8. The van der Waals surface area contributed by atoms with E-state index in [9.17, 15) is 9.59 Å². The molecule has 0 aliphatic heterocycles. The van der Waals surface area contributed by atoms with Crippen LogP contribution in [0.4, 0.5) is 4.79 Å². The summed E-state index contributed by atoms with van der Waals surface area (Å²) in [4.78, 5) is 25.5. The Bertz CT molecular complexity index is 406. The summed E-state index contributed by atoms with van der Waals surface area (Å²) in [6.45, 7) is 2.47. The fourth-order valence-corrected chi connectivity index (χ4v) is 2.34. The zero-order valence-corrected chi connectivity index (χ0v) is 12.1. The van der Waals surface area contributed by atoms with Crippen LogP contribution in [0.2, 0.25) is 0 Å². The average molecular weight is 284 g/mol. The van der Waals surface area contributed by atoms with Crippen molar-refractivity contribution in [3.63, 3.8) is 0 Å². The molecule has 0 aliphatic carbocycles. The summed E-state index contributed by atoms with van der Waals surface area (Å²) in [6, 6.07) is 2.86. The number of aliphatic carboxylic acids is 1. The van der Waals surface area contributed by atoms with Gasteiger partial charge in [0.2, 0.25) is 0 Å². The molecule has 2 amide bonds. The van der Waals surface area contributed by atoms with Crippen molar-refractivity contribution in [3.8, 4) is 0 Å². The third-order valence-corrected chi connectivity index (χ3v) is 3.73. The minimum absolute atomic E-state index is 0.336. The Balaban J connectivity index is 2.40. The molecule has 0 unspecified atom stereocenters. The number of likely N-dealkylation sites (N-methyl/N-ethyl adjacent to an activating group) is 1. The molecule has 0 bridgehead atoms. The molecule has 0 fully saturated rings. The van der Waals surface area contributed by atoms with Gasteiger partial charge in [-0.05, 0) is 24.3 Å². The third kappa shape index (κ3) is 5.30. The van der Waals surface area contributed by atoms with Crippen molar-refractivity contribution in [2.45, 2.75) is 32.2 Å². The topological polar surface area (TPSA) is 69.6 Å². The number of nitrogens with zero attached hydrogens (tertiary/aromatic N) is 1. The first kappa shape index (κ1) is 15.5. The molecule has 0 aromatic carbocycles. The number of amides is 2. The third-order valence-electron chi connectivity index (χ3n) is 2.79. The van der Waals surface area contributed by atoms with Crippen molar-refractivity contribution in [1.29, 1.82) is 0 Å². The van der Waals surface area contributed by atoms with Crippen molar-refractivity contribution in [1.82, 2.24) is 10.2 Å². The van der Waals surface area contributed by atoms with Gasteiger partial charge in [-0.2, -0.15) is 0 Å². The number of thiophene rings is 1. The second kappa shape index (κ2) is 7.78. The zero-order valence-electron chi connectivity index (χ0n) is 11.3. The fraction of sp³-hybridized carbons (Fsp3) is 0.538. The van der Waals surface area contributed by atoms with Gasteiger partial charge in [0.25, 0.3) is 0 Å². The van der Waals surface area contributed by atoms with E-state index in [1.54, 1.807) is 18.4 Å². The Morgan fingerprint density at radius 3 is 2.79 bits per heavy atom. The van der Waals surface area contributed by atoms with Crippen LogP contribution in [0.1, 0.15) is 24.6 Å². The van der Waals surface area contributed by atoms with E-state index in [0.717, 1.165) is 12.8 Å². The number of carbonyl (C=O) groups is 2. The van der Waals surface area contributed by atoms with Gasteiger partial charge in [0, 0.05) is 18.5 Å². The van der Waals surface area contributed by atoms with Gasteiger partial charge in [0.1, 0.15) is 6.04 Å². The first-order valence-electron chi connectivity index (χ1n) is 6.31. The van der Waals surface area contributed by atoms with E-state index in [-0.39, 0.29) is 6.03 Å². The van der Waals surface area contributed by atoms with Crippen LogP contribution in [0.25, 0.3) is 0 Å². The number of urea groups is 1. The zero-order chi connectivity index (χ0) is 14.3. The lowest BCUT2D eigenvalue weighted by Gasteiger charge is -2.21. The highest BCUT2D eigenvalue weighted by molar-refractivity contribution is 7.09. The van der Waals surface area contributed by atoms with Crippen LogP contribution >= 0.6 is 11.3 Å². The van der Waals surface area contributed by atoms with Crippen LogP contribution in [-0.2, 0) is 11.2 Å². The molecule has 1 heterocycles. The Morgan fingerprint density at radius 1 is 1.53 bits per heavy atom. The van der Waals surface area contributed by atoms with Crippen molar-refractivity contribution >= 4 is 23.3 Å².